The number of alkyl halides is 3. The third-order valence-corrected chi connectivity index (χ3v) is 3.34. The highest BCUT2D eigenvalue weighted by Gasteiger charge is 2.32. The molecule has 2 rings (SSSR count). The number of hydrogen-bond donors (Lipinski definition) is 1. The Hall–Kier alpha value is -2.61. The number of hydrogen-bond acceptors (Lipinski definition) is 4. The molecule has 5 nitrogen and oxygen atoms in total. The molecule has 0 radical (unpaired) electrons. The van der Waals surface area contributed by atoms with Crippen LogP contribution in [0.4, 0.5) is 18.9 Å². The summed E-state index contributed by atoms with van der Waals surface area (Å²) in [6, 6.07) is 6.62. The number of benzene rings is 1. The van der Waals surface area contributed by atoms with Crippen LogP contribution in [0.25, 0.3) is 0 Å². The van der Waals surface area contributed by atoms with Crippen molar-refractivity contribution in [3.05, 3.63) is 53.2 Å². The number of pyridine rings is 1. The molecule has 8 heteroatoms. The van der Waals surface area contributed by atoms with Gasteiger partial charge in [0.05, 0.1) is 12.2 Å². The van der Waals surface area contributed by atoms with Crippen LogP contribution in [-0.4, -0.2) is 31.2 Å². The number of carbonyl (C=O) groups is 1. The molecule has 0 saturated heterocycles. The number of nitrogens with one attached hydrogen (secondary N) is 1. The number of anilines is 1. The highest BCUT2D eigenvalue weighted by molar-refractivity contribution is 6.05. The van der Waals surface area contributed by atoms with Crippen molar-refractivity contribution in [1.82, 2.24) is 4.98 Å². The summed E-state index contributed by atoms with van der Waals surface area (Å²) in [4.78, 5) is 16.3. The Balaban J connectivity index is 2.20. The molecule has 0 saturated carbocycles. The van der Waals surface area contributed by atoms with E-state index >= 15 is 0 Å². The monoisotopic (exact) mass is 354 g/mol. The minimum absolute atomic E-state index is 0.0367. The van der Waals surface area contributed by atoms with E-state index in [1.165, 1.54) is 44.5 Å². The Bertz CT molecular complexity index is 748. The fourth-order valence-electron chi connectivity index (χ4n) is 2.10. The summed E-state index contributed by atoms with van der Waals surface area (Å²) in [7, 11) is 1.50. The molecule has 25 heavy (non-hydrogen) atoms. The van der Waals surface area contributed by atoms with Crippen LogP contribution in [0.3, 0.4) is 0 Å². The van der Waals surface area contributed by atoms with Crippen molar-refractivity contribution < 1.29 is 27.4 Å². The molecule has 0 bridgehead atoms. The van der Waals surface area contributed by atoms with Crippen molar-refractivity contribution in [2.24, 2.45) is 0 Å². The number of aromatic nitrogens is 1. The Morgan fingerprint density at radius 1 is 1.24 bits per heavy atom. The van der Waals surface area contributed by atoms with Gasteiger partial charge in [-0.1, -0.05) is 6.07 Å². The average molecular weight is 354 g/mol. The number of amides is 1. The van der Waals surface area contributed by atoms with Gasteiger partial charge in [-0.2, -0.15) is 13.2 Å². The molecule has 0 aliphatic rings. The number of ether oxygens (including phenoxy) is 2. The fraction of sp³-hybridized carbons (Fsp3) is 0.294. The van der Waals surface area contributed by atoms with Gasteiger partial charge in [-0.25, -0.2) is 4.98 Å². The standard InChI is InChI=1S/C17H17F3N2O3/c1-11-5-6-12(10-14(11)17(18,19)20)22-15(23)13-4-3-7-21-16(13)25-9-8-24-2/h3-7,10H,8-9H2,1-2H3,(H,22,23). The summed E-state index contributed by atoms with van der Waals surface area (Å²) in [5.74, 6) is -0.530. The summed E-state index contributed by atoms with van der Waals surface area (Å²) in [6.45, 7) is 1.86. The van der Waals surface area contributed by atoms with Gasteiger partial charge in [0.1, 0.15) is 12.2 Å². The van der Waals surface area contributed by atoms with Gasteiger partial charge < -0.3 is 14.8 Å². The second kappa shape index (κ2) is 7.98. The van der Waals surface area contributed by atoms with Gasteiger partial charge >= 0.3 is 6.18 Å². The van der Waals surface area contributed by atoms with Crippen LogP contribution in [0.15, 0.2) is 36.5 Å². The molecule has 0 aliphatic heterocycles. The van der Waals surface area contributed by atoms with E-state index in [1.54, 1.807) is 0 Å². The third kappa shape index (κ3) is 4.93. The number of halogens is 3. The topological polar surface area (TPSA) is 60.5 Å². The van der Waals surface area contributed by atoms with Crippen LogP contribution in [-0.2, 0) is 10.9 Å². The minimum atomic E-state index is -4.49. The number of rotatable bonds is 6. The summed E-state index contributed by atoms with van der Waals surface area (Å²) < 4.78 is 49.1. The average Bonchev–Trinajstić information content (AvgIpc) is 2.56. The normalized spacial score (nSPS) is 11.2. The zero-order valence-corrected chi connectivity index (χ0v) is 13.7. The maximum Gasteiger partial charge on any atom is 0.416 e. The molecule has 0 atom stereocenters. The van der Waals surface area contributed by atoms with Crippen molar-refractivity contribution in [1.29, 1.82) is 0 Å². The Morgan fingerprint density at radius 2 is 2.00 bits per heavy atom. The lowest BCUT2D eigenvalue weighted by atomic mass is 10.1. The molecular formula is C17H17F3N2O3. The van der Waals surface area contributed by atoms with Crippen LogP contribution in [0.1, 0.15) is 21.5 Å². The van der Waals surface area contributed by atoms with Crippen molar-refractivity contribution in [3.63, 3.8) is 0 Å². The van der Waals surface area contributed by atoms with Crippen molar-refractivity contribution >= 4 is 11.6 Å². The van der Waals surface area contributed by atoms with Gasteiger partial charge in [-0.15, -0.1) is 0 Å². The van der Waals surface area contributed by atoms with E-state index in [4.69, 9.17) is 9.47 Å². The Labute approximate surface area is 142 Å². The van der Waals surface area contributed by atoms with E-state index in [2.05, 4.69) is 10.3 Å². The highest BCUT2D eigenvalue weighted by Crippen LogP contribution is 2.33. The molecule has 134 valence electrons. The van der Waals surface area contributed by atoms with Gasteiger partial charge in [0.15, 0.2) is 0 Å². The lowest BCUT2D eigenvalue weighted by molar-refractivity contribution is -0.138. The Kier molecular flexibility index (Phi) is 5.97. The van der Waals surface area contributed by atoms with E-state index in [9.17, 15) is 18.0 Å². The summed E-state index contributed by atoms with van der Waals surface area (Å²) >= 11 is 0. The minimum Gasteiger partial charge on any atom is -0.475 e. The molecule has 2 aromatic rings. The van der Waals surface area contributed by atoms with E-state index in [0.29, 0.717) is 6.61 Å². The predicted molar refractivity (Wildman–Crippen MR) is 85.7 cm³/mol. The molecule has 0 aliphatic carbocycles. The SMILES string of the molecule is COCCOc1ncccc1C(=O)Nc1ccc(C)c(C(F)(F)F)c1. The summed E-state index contributed by atoms with van der Waals surface area (Å²) in [5.41, 5.74) is -0.564. The smallest absolute Gasteiger partial charge is 0.416 e. The van der Waals surface area contributed by atoms with Crippen molar-refractivity contribution in [2.45, 2.75) is 13.1 Å². The zero-order valence-electron chi connectivity index (χ0n) is 13.7. The first-order valence-corrected chi connectivity index (χ1v) is 7.39. The van der Waals surface area contributed by atoms with E-state index in [0.717, 1.165) is 6.07 Å². The number of nitrogens with zero attached hydrogens (tertiary/aromatic N) is 1. The molecule has 1 aromatic carbocycles. The van der Waals surface area contributed by atoms with Crippen LogP contribution in [0.2, 0.25) is 0 Å². The lowest BCUT2D eigenvalue weighted by Crippen LogP contribution is -2.16. The third-order valence-electron chi connectivity index (χ3n) is 3.34. The number of aryl methyl sites for hydroxylation is 1. The second-order valence-electron chi connectivity index (χ2n) is 5.18. The van der Waals surface area contributed by atoms with Crippen LogP contribution < -0.4 is 10.1 Å². The lowest BCUT2D eigenvalue weighted by Gasteiger charge is -2.14. The van der Waals surface area contributed by atoms with Crippen LogP contribution in [0.5, 0.6) is 5.88 Å². The first-order chi connectivity index (χ1) is 11.8. The first-order valence-electron chi connectivity index (χ1n) is 7.39. The van der Waals surface area contributed by atoms with Crippen molar-refractivity contribution in [2.75, 3.05) is 25.6 Å². The van der Waals surface area contributed by atoms with Crippen LogP contribution in [0, 0.1) is 6.92 Å². The molecule has 0 fully saturated rings. The van der Waals surface area contributed by atoms with Gasteiger partial charge in [0, 0.05) is 19.0 Å². The van der Waals surface area contributed by atoms with Gasteiger partial charge in [0.25, 0.3) is 5.91 Å². The van der Waals surface area contributed by atoms with E-state index in [1.807, 2.05) is 0 Å². The van der Waals surface area contributed by atoms with E-state index < -0.39 is 17.6 Å². The molecule has 1 heterocycles. The molecule has 0 unspecified atom stereocenters. The molecule has 1 aromatic heterocycles. The highest BCUT2D eigenvalue weighted by atomic mass is 19.4. The van der Waals surface area contributed by atoms with Gasteiger partial charge in [-0.3, -0.25) is 4.79 Å². The molecule has 1 amide bonds. The predicted octanol–water partition coefficient (Wildman–Crippen LogP) is 3.69. The molecular weight excluding hydrogens is 337 g/mol. The Morgan fingerprint density at radius 3 is 2.68 bits per heavy atom. The van der Waals surface area contributed by atoms with Gasteiger partial charge in [-0.05, 0) is 36.8 Å². The van der Waals surface area contributed by atoms with E-state index in [-0.39, 0.29) is 29.3 Å². The molecule has 0 spiro atoms. The quantitative estimate of drug-likeness (QED) is 0.804. The largest absolute Gasteiger partial charge is 0.475 e. The maximum absolute atomic E-state index is 13.0. The van der Waals surface area contributed by atoms with Crippen LogP contribution >= 0.6 is 0 Å². The summed E-state index contributed by atoms with van der Waals surface area (Å²) in [6.07, 6.45) is -3.04. The second-order valence-corrected chi connectivity index (χ2v) is 5.18. The summed E-state index contributed by atoms with van der Waals surface area (Å²) in [5, 5.41) is 2.44. The molecule has 1 N–H and O–H groups in total. The first kappa shape index (κ1) is 18.7. The number of carbonyl (C=O) groups excluding carboxylic acids is 1. The number of methoxy groups -OCH3 is 1. The van der Waals surface area contributed by atoms with Gasteiger partial charge in [0.2, 0.25) is 5.88 Å². The fourth-order valence-corrected chi connectivity index (χ4v) is 2.10. The maximum atomic E-state index is 13.0. The zero-order chi connectivity index (χ0) is 18.4. The van der Waals surface area contributed by atoms with Crippen molar-refractivity contribution in [3.8, 4) is 5.88 Å².